The summed E-state index contributed by atoms with van der Waals surface area (Å²) in [5.41, 5.74) is 0.402. The molecule has 4 saturated heterocycles. The van der Waals surface area contributed by atoms with Crippen LogP contribution in [0.2, 0.25) is 0 Å². The Labute approximate surface area is 435 Å². The van der Waals surface area contributed by atoms with Crippen molar-refractivity contribution >= 4 is 41.8 Å². The first-order valence-electron chi connectivity index (χ1n) is 27.0. The summed E-state index contributed by atoms with van der Waals surface area (Å²) in [6.45, 7) is 30.6. The highest BCUT2D eigenvalue weighted by Gasteiger charge is 2.44. The van der Waals surface area contributed by atoms with Crippen LogP contribution in [-0.4, -0.2) is 150 Å². The average molecular weight is 1030 g/mol. The van der Waals surface area contributed by atoms with E-state index in [0.29, 0.717) is 73.8 Å². The van der Waals surface area contributed by atoms with Crippen LogP contribution in [0.15, 0.2) is 22.5 Å². The van der Waals surface area contributed by atoms with Gasteiger partial charge in [0.1, 0.15) is 17.0 Å². The highest BCUT2D eigenvalue weighted by Crippen LogP contribution is 2.40. The quantitative estimate of drug-likeness (QED) is 0.126. The number of nitrogens with one attached hydrogen (secondary N) is 2. The third kappa shape index (κ3) is 18.3. The van der Waals surface area contributed by atoms with E-state index in [1.807, 2.05) is 58.3 Å². The highest BCUT2D eigenvalue weighted by molar-refractivity contribution is 5.96. The summed E-state index contributed by atoms with van der Waals surface area (Å²) in [5, 5.41) is 24.7. The molecular formula is C55H91N5O13. The third-order valence-electron chi connectivity index (χ3n) is 15.5. The monoisotopic (exact) mass is 1030 g/mol. The van der Waals surface area contributed by atoms with E-state index in [1.54, 1.807) is 34.6 Å². The second kappa shape index (κ2) is 26.7. The first-order chi connectivity index (χ1) is 34.1. The number of carboxylic acid groups (broad SMARTS) is 2. The van der Waals surface area contributed by atoms with E-state index in [1.165, 1.54) is 25.7 Å². The number of Topliss-reactive ketones (excluding diaryl/α,β-unsaturated/α-hetero) is 1. The number of aliphatic carboxylic acids is 2. The van der Waals surface area contributed by atoms with Crippen LogP contribution >= 0.6 is 0 Å². The SMILES string of the molecule is CC(C)(C)OC(=O)N1CC([C@H]2CCCN(C3CCC(C)(C(=O)O)CC3)C2)C1.CC(C)(C)OC(=O)N1CC([C@H]2CCCNC2)C1.CC1(C(=O)O)CCC(=O)CC1.CCOC(=O)C1=C(C)NC(C)=C(C(=O)OCC)C1. The number of ketones is 1. The highest BCUT2D eigenvalue weighted by atomic mass is 16.6. The van der Waals surface area contributed by atoms with Gasteiger partial charge in [0.15, 0.2) is 0 Å². The van der Waals surface area contributed by atoms with E-state index in [9.17, 15) is 38.7 Å². The molecule has 0 aromatic carbocycles. The van der Waals surface area contributed by atoms with E-state index >= 15 is 0 Å². The number of carbonyl (C=O) groups is 7. The topological polar surface area (TPSA) is 231 Å². The van der Waals surface area contributed by atoms with Crippen LogP contribution < -0.4 is 10.6 Å². The van der Waals surface area contributed by atoms with Gasteiger partial charge in [-0.15, -0.1) is 0 Å². The molecule has 2 saturated carbocycles. The van der Waals surface area contributed by atoms with Gasteiger partial charge in [0.05, 0.1) is 35.2 Å². The molecule has 18 nitrogen and oxygen atoms in total. The van der Waals surface area contributed by atoms with Crippen molar-refractivity contribution in [3.05, 3.63) is 22.5 Å². The molecule has 6 fully saturated rings. The number of ether oxygens (including phenoxy) is 4. The van der Waals surface area contributed by atoms with Crippen molar-refractivity contribution in [2.24, 2.45) is 34.5 Å². The normalized spacial score (nSPS) is 25.8. The van der Waals surface area contributed by atoms with Gasteiger partial charge in [0.2, 0.25) is 0 Å². The molecule has 0 aromatic heterocycles. The number of piperidine rings is 2. The van der Waals surface area contributed by atoms with Crippen molar-refractivity contribution < 1.29 is 62.7 Å². The van der Waals surface area contributed by atoms with Crippen molar-refractivity contribution in [3.8, 4) is 0 Å². The van der Waals surface area contributed by atoms with Crippen LogP contribution in [0.4, 0.5) is 9.59 Å². The number of nitrogens with zero attached hydrogens (tertiary/aromatic N) is 3. The minimum absolute atomic E-state index is 0.155. The fourth-order valence-corrected chi connectivity index (χ4v) is 10.5. The molecule has 2 atom stereocenters. The van der Waals surface area contributed by atoms with Gasteiger partial charge < -0.3 is 54.5 Å². The number of hydrogen-bond acceptors (Lipinski definition) is 14. The van der Waals surface area contributed by atoms with Crippen molar-refractivity contribution in [2.45, 2.75) is 184 Å². The third-order valence-corrected chi connectivity index (χ3v) is 15.5. The van der Waals surface area contributed by atoms with Crippen molar-refractivity contribution in [3.63, 3.8) is 0 Å². The number of amides is 2. The molecule has 18 heteroatoms. The first kappa shape index (κ1) is 60.8. The maximum atomic E-state index is 12.1. The Morgan fingerprint density at radius 1 is 0.630 bits per heavy atom. The van der Waals surface area contributed by atoms with Crippen molar-refractivity contribution in [1.29, 1.82) is 0 Å². The second-order valence-corrected chi connectivity index (χ2v) is 23.7. The van der Waals surface area contributed by atoms with Gasteiger partial charge in [-0.2, -0.15) is 0 Å². The predicted octanol–water partition coefficient (Wildman–Crippen LogP) is 8.33. The number of esters is 2. The van der Waals surface area contributed by atoms with Crippen molar-refractivity contribution in [1.82, 2.24) is 25.3 Å². The van der Waals surface area contributed by atoms with Gasteiger partial charge in [-0.25, -0.2) is 19.2 Å². The largest absolute Gasteiger partial charge is 0.481 e. The summed E-state index contributed by atoms with van der Waals surface area (Å²) < 4.78 is 20.7. The number of rotatable bonds is 9. The molecular weight excluding hydrogens is 939 g/mol. The molecule has 5 heterocycles. The van der Waals surface area contributed by atoms with Crippen LogP contribution in [0.3, 0.4) is 0 Å². The Hall–Kier alpha value is -4.71. The molecule has 2 amide bonds. The molecule has 7 aliphatic rings. The molecule has 7 rings (SSSR count). The lowest BCUT2D eigenvalue weighted by Gasteiger charge is -2.49. The summed E-state index contributed by atoms with van der Waals surface area (Å²) in [6, 6.07) is 0.530. The van der Waals surface area contributed by atoms with Crippen LogP contribution in [0, 0.1) is 34.5 Å². The molecule has 0 aromatic rings. The number of carbonyl (C=O) groups excluding carboxylic acids is 5. The molecule has 414 valence electrons. The Balaban J connectivity index is 0.000000221. The van der Waals surface area contributed by atoms with Crippen LogP contribution in [-0.2, 0) is 42.9 Å². The number of allylic oxidation sites excluding steroid dienone is 2. The molecule has 2 aliphatic carbocycles. The number of dihydropyridines is 1. The second-order valence-electron chi connectivity index (χ2n) is 23.7. The lowest BCUT2D eigenvalue weighted by Crippen LogP contribution is -2.57. The number of carboxylic acids is 2. The smallest absolute Gasteiger partial charge is 0.410 e. The molecule has 5 aliphatic heterocycles. The fourth-order valence-electron chi connectivity index (χ4n) is 10.5. The van der Waals surface area contributed by atoms with Gasteiger partial charge in [-0.3, -0.25) is 14.4 Å². The van der Waals surface area contributed by atoms with E-state index in [2.05, 4.69) is 15.5 Å². The minimum atomic E-state index is -0.773. The molecule has 0 spiro atoms. The Morgan fingerprint density at radius 3 is 1.48 bits per heavy atom. The first-order valence-corrected chi connectivity index (χ1v) is 27.0. The van der Waals surface area contributed by atoms with E-state index < -0.39 is 40.3 Å². The van der Waals surface area contributed by atoms with Gasteiger partial charge in [0, 0.05) is 69.4 Å². The maximum absolute atomic E-state index is 12.1. The summed E-state index contributed by atoms with van der Waals surface area (Å²) in [4.78, 5) is 86.6. The van der Waals surface area contributed by atoms with Gasteiger partial charge in [-0.1, -0.05) is 0 Å². The maximum Gasteiger partial charge on any atom is 0.410 e. The van der Waals surface area contributed by atoms with Crippen LogP contribution in [0.5, 0.6) is 0 Å². The van der Waals surface area contributed by atoms with E-state index in [4.69, 9.17) is 24.1 Å². The molecule has 4 N–H and O–H groups in total. The Kier molecular flexibility index (Phi) is 22.2. The number of hydrogen-bond donors (Lipinski definition) is 4. The zero-order chi connectivity index (χ0) is 54.5. The van der Waals surface area contributed by atoms with E-state index in [0.717, 1.165) is 95.4 Å². The zero-order valence-electron chi connectivity index (χ0n) is 46.4. The summed E-state index contributed by atoms with van der Waals surface area (Å²) in [7, 11) is 0. The minimum Gasteiger partial charge on any atom is -0.481 e. The van der Waals surface area contributed by atoms with Gasteiger partial charge in [-0.05, 0) is 191 Å². The average Bonchev–Trinajstić information content (AvgIpc) is 3.27. The molecule has 0 radical (unpaired) electrons. The fraction of sp³-hybridized carbons (Fsp3) is 0.800. The summed E-state index contributed by atoms with van der Waals surface area (Å²) in [6.07, 6.45) is 10.3. The Bertz CT molecular complexity index is 1950. The molecule has 73 heavy (non-hydrogen) atoms. The van der Waals surface area contributed by atoms with Gasteiger partial charge >= 0.3 is 36.1 Å². The summed E-state index contributed by atoms with van der Waals surface area (Å²) >= 11 is 0. The lowest BCUT2D eigenvalue weighted by atomic mass is 9.73. The summed E-state index contributed by atoms with van der Waals surface area (Å²) in [5.74, 6) is 0.646. The van der Waals surface area contributed by atoms with Crippen LogP contribution in [0.1, 0.15) is 167 Å². The zero-order valence-corrected chi connectivity index (χ0v) is 46.4. The Morgan fingerprint density at radius 2 is 1.07 bits per heavy atom. The number of likely N-dealkylation sites (tertiary alicyclic amines) is 3. The molecule has 0 bridgehead atoms. The van der Waals surface area contributed by atoms with Crippen LogP contribution in [0.25, 0.3) is 0 Å². The predicted molar refractivity (Wildman–Crippen MR) is 276 cm³/mol. The van der Waals surface area contributed by atoms with Gasteiger partial charge in [0.25, 0.3) is 0 Å². The molecule has 0 unspecified atom stereocenters. The lowest BCUT2D eigenvalue weighted by molar-refractivity contribution is -0.151. The standard InChI is InChI=1S/C21H36N2O4.C13H24N2O2.C13H19NO4.C8H12O3/c1-20(2,3)27-19(26)23-13-16(14-23)15-6-5-11-22(12-15)17-7-9-21(4,10-8-17)18(24)25;1-13(2,3)17-12(16)15-8-11(9-15)10-5-4-6-14-7-10;1-5-17-12(15)10-7-11(13(16)18-6-2)9(4)14-8(10)3;1-8(7(10)11)4-2-6(9)3-5-8/h15-17H,5-14H2,1-4H3,(H,24,25);10-11,14H,4-9H2,1-3H3;14H,5-7H2,1-4H3;2-5H2,1H3,(H,10,11)/t15-,17?,21?;10-;;/m00../s1. The van der Waals surface area contributed by atoms with E-state index in [-0.39, 0.29) is 30.0 Å². The van der Waals surface area contributed by atoms with Crippen molar-refractivity contribution in [2.75, 3.05) is 65.6 Å².